The van der Waals surface area contributed by atoms with E-state index in [1.807, 2.05) is 0 Å². The molecule has 0 radical (unpaired) electrons. The van der Waals surface area contributed by atoms with Gasteiger partial charge in [0, 0.05) is 18.2 Å². The van der Waals surface area contributed by atoms with Gasteiger partial charge in [-0.2, -0.15) is 0 Å². The maximum atomic E-state index is 12.3. The van der Waals surface area contributed by atoms with Crippen molar-refractivity contribution in [3.05, 3.63) is 35.9 Å². The lowest BCUT2D eigenvalue weighted by molar-refractivity contribution is -0.122. The third-order valence-corrected chi connectivity index (χ3v) is 3.17. The Balaban J connectivity index is 3.13. The van der Waals surface area contributed by atoms with Gasteiger partial charge in [-0.05, 0) is 25.5 Å². The quantitative estimate of drug-likeness (QED) is 0.744. The zero-order valence-electron chi connectivity index (χ0n) is 13.4. The van der Waals surface area contributed by atoms with Crippen molar-refractivity contribution >= 4 is 11.8 Å². The summed E-state index contributed by atoms with van der Waals surface area (Å²) in [5.74, 6) is 0.403. The molecule has 1 aromatic rings. The smallest absolute Gasteiger partial charge is 0.252 e. The number of hydrogen-bond acceptors (Lipinski definition) is 4. The molecule has 120 valence electrons. The second-order valence-corrected chi connectivity index (χ2v) is 4.67. The Labute approximate surface area is 130 Å². The molecule has 0 fully saturated rings. The lowest BCUT2D eigenvalue weighted by Crippen LogP contribution is -2.43. The standard InChI is InChI=1S/C16H22N2O4/c1-6-7-11-8-12(9-13(21-4)14(11)22-5)16(20)18-10(2)15(19)17-3/h6,8-10H,1,7H2,2-5H3,(H,17,19)(H,18,20)/t10-/m0/s1. The molecular formula is C16H22N2O4. The zero-order chi connectivity index (χ0) is 16.7. The number of carbonyl (C=O) groups is 2. The molecule has 2 N–H and O–H groups in total. The Morgan fingerprint density at radius 2 is 2.00 bits per heavy atom. The lowest BCUT2D eigenvalue weighted by atomic mass is 10.0. The van der Waals surface area contributed by atoms with Crippen LogP contribution in [0.1, 0.15) is 22.8 Å². The molecule has 0 aliphatic carbocycles. The Kier molecular flexibility index (Phi) is 6.44. The van der Waals surface area contributed by atoms with Gasteiger partial charge in [0.25, 0.3) is 5.91 Å². The topological polar surface area (TPSA) is 76.7 Å². The molecule has 6 heteroatoms. The SMILES string of the molecule is C=CCc1cc(C(=O)N[C@@H](C)C(=O)NC)cc(OC)c1OC. The van der Waals surface area contributed by atoms with Crippen LogP contribution in [0.15, 0.2) is 24.8 Å². The van der Waals surface area contributed by atoms with Crippen molar-refractivity contribution in [2.75, 3.05) is 21.3 Å². The number of allylic oxidation sites excluding steroid dienone is 1. The van der Waals surface area contributed by atoms with Crippen LogP contribution in [0.3, 0.4) is 0 Å². The summed E-state index contributed by atoms with van der Waals surface area (Å²) >= 11 is 0. The maximum absolute atomic E-state index is 12.3. The number of benzene rings is 1. The van der Waals surface area contributed by atoms with Crippen molar-refractivity contribution in [2.45, 2.75) is 19.4 Å². The molecule has 0 saturated heterocycles. The largest absolute Gasteiger partial charge is 0.493 e. The van der Waals surface area contributed by atoms with E-state index in [-0.39, 0.29) is 11.8 Å². The molecule has 6 nitrogen and oxygen atoms in total. The van der Waals surface area contributed by atoms with Gasteiger partial charge in [0.2, 0.25) is 5.91 Å². The van der Waals surface area contributed by atoms with Gasteiger partial charge in [-0.15, -0.1) is 6.58 Å². The zero-order valence-corrected chi connectivity index (χ0v) is 13.4. The first-order valence-corrected chi connectivity index (χ1v) is 6.86. The Morgan fingerprint density at radius 3 is 2.50 bits per heavy atom. The van der Waals surface area contributed by atoms with Gasteiger partial charge in [-0.3, -0.25) is 9.59 Å². The highest BCUT2D eigenvalue weighted by molar-refractivity contribution is 5.98. The van der Waals surface area contributed by atoms with Crippen LogP contribution in [0.25, 0.3) is 0 Å². The second kappa shape index (κ2) is 8.07. The first kappa shape index (κ1) is 17.6. The fraction of sp³-hybridized carbons (Fsp3) is 0.375. The number of nitrogens with one attached hydrogen (secondary N) is 2. The van der Waals surface area contributed by atoms with Crippen LogP contribution >= 0.6 is 0 Å². The number of carbonyl (C=O) groups excluding carboxylic acids is 2. The Hall–Kier alpha value is -2.50. The monoisotopic (exact) mass is 306 g/mol. The molecule has 1 atom stereocenters. The van der Waals surface area contributed by atoms with Crippen molar-refractivity contribution in [1.29, 1.82) is 0 Å². The summed E-state index contributed by atoms with van der Waals surface area (Å²) in [6, 6.07) is 2.65. The highest BCUT2D eigenvalue weighted by Crippen LogP contribution is 2.33. The first-order valence-electron chi connectivity index (χ1n) is 6.86. The highest BCUT2D eigenvalue weighted by atomic mass is 16.5. The van der Waals surface area contributed by atoms with E-state index in [2.05, 4.69) is 17.2 Å². The molecule has 2 amide bonds. The number of methoxy groups -OCH3 is 2. The summed E-state index contributed by atoms with van der Waals surface area (Å²) in [6.07, 6.45) is 2.25. The number of likely N-dealkylation sites (N-methyl/N-ethyl adjacent to an activating group) is 1. The van der Waals surface area contributed by atoms with Crippen molar-refractivity contribution in [3.63, 3.8) is 0 Å². The normalized spacial score (nSPS) is 11.3. The lowest BCUT2D eigenvalue weighted by Gasteiger charge is -2.16. The second-order valence-electron chi connectivity index (χ2n) is 4.67. The third kappa shape index (κ3) is 4.00. The van der Waals surface area contributed by atoms with E-state index in [0.717, 1.165) is 5.56 Å². The molecule has 1 rings (SSSR count). The Morgan fingerprint density at radius 1 is 1.32 bits per heavy atom. The van der Waals surface area contributed by atoms with E-state index in [4.69, 9.17) is 9.47 Å². The van der Waals surface area contributed by atoms with E-state index >= 15 is 0 Å². The van der Waals surface area contributed by atoms with Gasteiger partial charge >= 0.3 is 0 Å². The molecule has 0 bridgehead atoms. The minimum absolute atomic E-state index is 0.264. The van der Waals surface area contributed by atoms with Gasteiger partial charge in [-0.25, -0.2) is 0 Å². The Bertz CT molecular complexity index is 570. The molecule has 0 unspecified atom stereocenters. The van der Waals surface area contributed by atoms with Crippen molar-refractivity contribution in [1.82, 2.24) is 10.6 Å². The average molecular weight is 306 g/mol. The van der Waals surface area contributed by atoms with Crippen LogP contribution in [-0.4, -0.2) is 39.1 Å². The fourth-order valence-electron chi connectivity index (χ4n) is 2.04. The van der Waals surface area contributed by atoms with Crippen LogP contribution in [-0.2, 0) is 11.2 Å². The van der Waals surface area contributed by atoms with E-state index in [1.54, 1.807) is 25.1 Å². The van der Waals surface area contributed by atoms with Crippen molar-refractivity contribution in [3.8, 4) is 11.5 Å². The van der Waals surface area contributed by atoms with E-state index in [1.165, 1.54) is 21.3 Å². The van der Waals surface area contributed by atoms with Gasteiger partial charge in [0.15, 0.2) is 11.5 Å². The van der Waals surface area contributed by atoms with E-state index in [0.29, 0.717) is 23.5 Å². The van der Waals surface area contributed by atoms with E-state index < -0.39 is 6.04 Å². The number of rotatable bonds is 7. The molecule has 0 aliphatic rings. The molecule has 0 spiro atoms. The average Bonchev–Trinajstić information content (AvgIpc) is 2.53. The summed E-state index contributed by atoms with van der Waals surface area (Å²) in [5, 5.41) is 5.11. The summed E-state index contributed by atoms with van der Waals surface area (Å²) in [4.78, 5) is 23.8. The molecule has 1 aromatic carbocycles. The van der Waals surface area contributed by atoms with Gasteiger partial charge < -0.3 is 20.1 Å². The number of ether oxygens (including phenoxy) is 2. The minimum atomic E-state index is -0.631. The molecular weight excluding hydrogens is 284 g/mol. The minimum Gasteiger partial charge on any atom is -0.493 e. The fourth-order valence-corrected chi connectivity index (χ4v) is 2.04. The third-order valence-electron chi connectivity index (χ3n) is 3.17. The van der Waals surface area contributed by atoms with Gasteiger partial charge in [-0.1, -0.05) is 6.08 Å². The van der Waals surface area contributed by atoms with Gasteiger partial charge in [0.1, 0.15) is 6.04 Å². The van der Waals surface area contributed by atoms with Crippen LogP contribution < -0.4 is 20.1 Å². The van der Waals surface area contributed by atoms with Crippen LogP contribution in [0, 0.1) is 0 Å². The summed E-state index contributed by atoms with van der Waals surface area (Å²) < 4.78 is 10.6. The predicted molar refractivity (Wildman–Crippen MR) is 84.4 cm³/mol. The van der Waals surface area contributed by atoms with Crippen LogP contribution in [0.2, 0.25) is 0 Å². The molecule has 22 heavy (non-hydrogen) atoms. The first-order chi connectivity index (χ1) is 10.5. The number of hydrogen-bond donors (Lipinski definition) is 2. The highest BCUT2D eigenvalue weighted by Gasteiger charge is 2.19. The summed E-state index contributed by atoms with van der Waals surface area (Å²) in [7, 11) is 4.56. The molecule has 0 saturated carbocycles. The van der Waals surface area contributed by atoms with Crippen molar-refractivity contribution in [2.24, 2.45) is 0 Å². The summed E-state index contributed by atoms with van der Waals surface area (Å²) in [6.45, 7) is 5.31. The molecule has 0 heterocycles. The summed E-state index contributed by atoms with van der Waals surface area (Å²) in [5.41, 5.74) is 1.18. The van der Waals surface area contributed by atoms with Gasteiger partial charge in [0.05, 0.1) is 14.2 Å². The van der Waals surface area contributed by atoms with Crippen LogP contribution in [0.5, 0.6) is 11.5 Å². The molecule has 0 aromatic heterocycles. The molecule has 0 aliphatic heterocycles. The predicted octanol–water partition coefficient (Wildman–Crippen LogP) is 1.30. The van der Waals surface area contributed by atoms with E-state index in [9.17, 15) is 9.59 Å². The van der Waals surface area contributed by atoms with Crippen LogP contribution in [0.4, 0.5) is 0 Å². The number of amides is 2. The van der Waals surface area contributed by atoms with Crippen molar-refractivity contribution < 1.29 is 19.1 Å². The maximum Gasteiger partial charge on any atom is 0.252 e.